The van der Waals surface area contributed by atoms with Crippen molar-refractivity contribution in [1.29, 1.82) is 0 Å². The number of aliphatic imine (C=N–C) groups is 2. The van der Waals surface area contributed by atoms with Crippen molar-refractivity contribution in [2.75, 3.05) is 0 Å². The van der Waals surface area contributed by atoms with Gasteiger partial charge >= 0.3 is 94.1 Å². The first-order valence-corrected chi connectivity index (χ1v) is 19.7. The molecule has 0 bridgehead atoms. The van der Waals surface area contributed by atoms with Crippen molar-refractivity contribution in [2.24, 2.45) is 9.98 Å². The van der Waals surface area contributed by atoms with Crippen LogP contribution in [0, 0.1) is 0 Å². The zero-order valence-electron chi connectivity index (χ0n) is 26.9. The van der Waals surface area contributed by atoms with Crippen LogP contribution in [0.4, 0.5) is 11.4 Å². The van der Waals surface area contributed by atoms with Crippen molar-refractivity contribution in [2.45, 2.75) is 103 Å². The Hall–Kier alpha value is 0.842. The Morgan fingerprint density at radius 3 is 0.930 bits per heavy atom. The fourth-order valence-electron chi connectivity index (χ4n) is 4.11. The van der Waals surface area contributed by atoms with Crippen LogP contribution < -0.4 is 59.1 Å². The van der Waals surface area contributed by atoms with Crippen LogP contribution in [0.5, 0.6) is 0 Å². The molecular formula is C28H38Cl2N2Na2O6PdS2. The van der Waals surface area contributed by atoms with Gasteiger partial charge in [0.15, 0.2) is 0 Å². The molecule has 0 radical (unpaired) electrons. The van der Waals surface area contributed by atoms with E-state index in [1.54, 1.807) is 13.8 Å². The van der Waals surface area contributed by atoms with Crippen molar-refractivity contribution in [3.63, 3.8) is 0 Å². The van der Waals surface area contributed by atoms with E-state index in [-0.39, 0.29) is 109 Å². The smallest absolute Gasteiger partial charge is 1.00 e. The predicted octanol–water partition coefficient (Wildman–Crippen LogP) is 2.26. The Morgan fingerprint density at radius 1 is 0.605 bits per heavy atom. The van der Waals surface area contributed by atoms with Crippen LogP contribution in [0.2, 0.25) is 0 Å². The summed E-state index contributed by atoms with van der Waals surface area (Å²) in [4.78, 5) is 9.19. The molecule has 0 N–H and O–H groups in total. The summed E-state index contributed by atoms with van der Waals surface area (Å²) in [6, 6.07) is 5.58. The third-order valence-corrected chi connectivity index (χ3v) is 8.06. The molecule has 0 spiro atoms. The van der Waals surface area contributed by atoms with Crippen molar-refractivity contribution in [3.05, 3.63) is 46.5 Å². The summed E-state index contributed by atoms with van der Waals surface area (Å²) in [5.41, 5.74) is 4.96. The maximum absolute atomic E-state index is 11.8. The van der Waals surface area contributed by atoms with Crippen molar-refractivity contribution < 1.29 is 101 Å². The molecule has 0 aliphatic heterocycles. The minimum Gasteiger partial charge on any atom is 1.00 e. The number of nitrogens with zero attached hydrogens (tertiary/aromatic N) is 2. The predicted molar refractivity (Wildman–Crippen MR) is 162 cm³/mol. The van der Waals surface area contributed by atoms with Gasteiger partial charge in [0, 0.05) is 0 Å². The first kappa shape index (κ1) is 46.0. The van der Waals surface area contributed by atoms with Gasteiger partial charge in [0.25, 0.3) is 0 Å². The zero-order chi connectivity index (χ0) is 32.0. The maximum atomic E-state index is 11.8. The zero-order valence-corrected chi connectivity index (χ0v) is 35.6. The molecule has 0 atom stereocenters. The molecule has 0 fully saturated rings. The summed E-state index contributed by atoms with van der Waals surface area (Å²) >= 11 is -0.106. The van der Waals surface area contributed by atoms with Gasteiger partial charge in [0.2, 0.25) is 0 Å². The molecule has 0 aliphatic carbocycles. The molecule has 2 aromatic rings. The molecular weight excluding hydrogens is 748 g/mol. The largest absolute Gasteiger partial charge is 1.00 e. The standard InChI is InChI=1S/C28H40N2O6S2.2ClH.2Na.Pd/c1-15(2)23-11-21(37(31,32)33)12-24(16(3)4)27(23)29-19(9)20(10)30-28-25(17(5)6)13-22(38(34,35)36)14-26(28)18(7)8;;;;;/h11-18H,1-10H3,(H,31,32,33)(H,34,35,36);2*1H;;;/q;;;2*+1;+2/p-4. The van der Waals surface area contributed by atoms with E-state index in [0.717, 1.165) is 0 Å². The molecule has 234 valence electrons. The second-order valence-corrected chi connectivity index (χ2v) is 16.0. The monoisotopic (exact) mass is 784 g/mol. The molecule has 43 heavy (non-hydrogen) atoms. The Balaban J connectivity index is 0. The Morgan fingerprint density at radius 2 is 0.791 bits per heavy atom. The molecule has 2 rings (SSSR count). The summed E-state index contributed by atoms with van der Waals surface area (Å²) in [6.07, 6.45) is 0. The van der Waals surface area contributed by atoms with E-state index in [4.69, 9.17) is 29.0 Å². The van der Waals surface area contributed by atoms with Crippen LogP contribution in [-0.4, -0.2) is 37.4 Å². The molecule has 8 nitrogen and oxygen atoms in total. The normalized spacial score (nSPS) is 12.8. The fraction of sp³-hybridized carbons (Fsp3) is 0.500. The van der Waals surface area contributed by atoms with Crippen LogP contribution in [0.3, 0.4) is 0 Å². The van der Waals surface area contributed by atoms with Crippen LogP contribution in [0.1, 0.15) is 115 Å². The van der Waals surface area contributed by atoms with Gasteiger partial charge in [0.05, 0.1) is 32.6 Å². The summed E-state index contributed by atoms with van der Waals surface area (Å²) in [6.45, 7) is 18.9. The van der Waals surface area contributed by atoms with Crippen LogP contribution in [-0.2, 0) is 36.2 Å². The maximum Gasteiger partial charge on any atom is 1.00 e. The van der Waals surface area contributed by atoms with E-state index in [9.17, 15) is 25.9 Å². The van der Waals surface area contributed by atoms with Gasteiger partial charge in [-0.3, -0.25) is 9.98 Å². The van der Waals surface area contributed by atoms with E-state index in [1.807, 2.05) is 55.4 Å². The van der Waals surface area contributed by atoms with Crippen molar-refractivity contribution in [1.82, 2.24) is 0 Å². The van der Waals surface area contributed by atoms with E-state index >= 15 is 0 Å². The molecule has 0 unspecified atom stereocenters. The third kappa shape index (κ3) is 13.5. The average Bonchev–Trinajstić information content (AvgIpc) is 2.82. The summed E-state index contributed by atoms with van der Waals surface area (Å²) < 4.78 is 70.9. The second kappa shape index (κ2) is 19.6. The minimum atomic E-state index is -4.64. The molecule has 15 heteroatoms. The minimum absolute atomic E-state index is 0. The Labute approximate surface area is 318 Å². The molecule has 2 aromatic carbocycles. The molecule has 0 saturated carbocycles. The third-order valence-electron chi connectivity index (χ3n) is 6.43. The molecule has 0 amide bonds. The average molecular weight is 786 g/mol. The summed E-state index contributed by atoms with van der Waals surface area (Å²) in [5.74, 6) is -0.390. The van der Waals surface area contributed by atoms with Gasteiger partial charge in [-0.1, -0.05) is 55.4 Å². The first-order chi connectivity index (χ1) is 18.7. The van der Waals surface area contributed by atoms with Gasteiger partial charge in [0.1, 0.15) is 20.2 Å². The van der Waals surface area contributed by atoms with Crippen LogP contribution in [0.25, 0.3) is 0 Å². The van der Waals surface area contributed by atoms with Crippen LogP contribution in [0.15, 0.2) is 44.0 Å². The summed E-state index contributed by atoms with van der Waals surface area (Å²) in [7, 11) is 0.339. The van der Waals surface area contributed by atoms with Gasteiger partial charge in [-0.15, -0.1) is 0 Å². The first-order valence-electron chi connectivity index (χ1n) is 12.9. The number of hydrogen-bond acceptors (Lipinski definition) is 8. The number of halogens is 2. The quantitative estimate of drug-likeness (QED) is 0.217. The second-order valence-electron chi connectivity index (χ2n) is 10.9. The number of rotatable bonds is 9. The molecule has 0 heterocycles. The topological polar surface area (TPSA) is 139 Å². The van der Waals surface area contributed by atoms with E-state index in [2.05, 4.69) is 0 Å². The Bertz CT molecular complexity index is 1360. The van der Waals surface area contributed by atoms with Crippen molar-refractivity contribution >= 4 is 62.1 Å². The summed E-state index contributed by atoms with van der Waals surface area (Å²) in [5, 5.41) is 0. The van der Waals surface area contributed by atoms with E-state index < -0.39 is 20.2 Å². The van der Waals surface area contributed by atoms with Gasteiger partial charge in [-0.05, 0) is 84.0 Å². The molecule has 0 aliphatic rings. The SMILES string of the molecule is CC(=Nc1c(C(C)C)cc(S(=O)(=O)[O-])cc1C(C)C)C(C)=Nc1c(C(C)C)cc(S(=O)(=O)[O-])cc1C(C)C.[Cl][Pd][Cl].[Na+].[Na+]. The van der Waals surface area contributed by atoms with E-state index in [0.29, 0.717) is 45.1 Å². The fourth-order valence-corrected chi connectivity index (χ4v) is 5.19. The van der Waals surface area contributed by atoms with Crippen molar-refractivity contribution in [3.8, 4) is 0 Å². The molecule has 0 aromatic heterocycles. The Kier molecular flexibility index (Phi) is 21.0. The van der Waals surface area contributed by atoms with E-state index in [1.165, 1.54) is 24.3 Å². The number of benzene rings is 2. The molecule has 0 saturated heterocycles. The van der Waals surface area contributed by atoms with Gasteiger partial charge in [-0.2, -0.15) is 0 Å². The van der Waals surface area contributed by atoms with Gasteiger partial charge < -0.3 is 9.11 Å². The number of hydrogen-bond donors (Lipinski definition) is 0. The van der Waals surface area contributed by atoms with Crippen LogP contribution >= 0.6 is 19.1 Å². The van der Waals surface area contributed by atoms with Gasteiger partial charge in [-0.25, -0.2) is 16.8 Å².